The lowest BCUT2D eigenvalue weighted by Gasteiger charge is -2.22. The lowest BCUT2D eigenvalue weighted by molar-refractivity contribution is -0.872. The van der Waals surface area contributed by atoms with Crippen molar-refractivity contribution in [3.8, 4) is 17.2 Å². The third-order valence-corrected chi connectivity index (χ3v) is 4.98. The van der Waals surface area contributed by atoms with Crippen LogP contribution in [0.2, 0.25) is 0 Å². The lowest BCUT2D eigenvalue weighted by atomic mass is 10.0. The number of fused-ring (bicyclic) bond motifs is 1. The van der Waals surface area contributed by atoms with Gasteiger partial charge < -0.3 is 19.2 Å². The second kappa shape index (κ2) is 8.63. The number of benzene rings is 2. The van der Waals surface area contributed by atoms with E-state index in [2.05, 4.69) is 0 Å². The summed E-state index contributed by atoms with van der Waals surface area (Å²) >= 11 is 0. The summed E-state index contributed by atoms with van der Waals surface area (Å²) in [5, 5.41) is 12.7. The molecule has 0 amide bonds. The van der Waals surface area contributed by atoms with E-state index in [-0.39, 0.29) is 28.8 Å². The van der Waals surface area contributed by atoms with Gasteiger partial charge in [0.2, 0.25) is 11.2 Å². The Morgan fingerprint density at radius 3 is 2.26 bits per heavy atom. The van der Waals surface area contributed by atoms with Crippen molar-refractivity contribution in [1.82, 2.24) is 0 Å². The summed E-state index contributed by atoms with van der Waals surface area (Å²) in [6, 6.07) is 7.73. The Morgan fingerprint density at radius 2 is 1.74 bits per heavy atom. The van der Waals surface area contributed by atoms with Gasteiger partial charge in [0, 0.05) is 5.56 Å². The van der Waals surface area contributed by atoms with Crippen molar-refractivity contribution in [3.05, 3.63) is 63.0 Å². The Balaban J connectivity index is 2.31. The molecule has 0 saturated heterocycles. The summed E-state index contributed by atoms with van der Waals surface area (Å²) in [4.78, 5) is 14.0. The molecule has 31 heavy (non-hydrogen) atoms. The van der Waals surface area contributed by atoms with Crippen LogP contribution < -0.4 is 20.2 Å². The molecule has 0 aliphatic rings. The van der Waals surface area contributed by atoms with Crippen LogP contribution in [0.25, 0.3) is 11.0 Å². The fourth-order valence-electron chi connectivity index (χ4n) is 3.39. The molecule has 0 bridgehead atoms. The van der Waals surface area contributed by atoms with Gasteiger partial charge in [-0.25, -0.2) is 0 Å². The predicted octanol–water partition coefficient (Wildman–Crippen LogP) is 3.45. The third-order valence-electron chi connectivity index (χ3n) is 4.98. The number of halogens is 3. The molecular weight excluding hydrogens is 411 g/mol. The molecule has 5 nitrogen and oxygen atoms in total. The first-order valence-corrected chi connectivity index (χ1v) is 10.0. The van der Waals surface area contributed by atoms with Crippen LogP contribution in [0.4, 0.5) is 13.2 Å². The molecule has 1 N–H and O–H groups in total. The molecule has 0 fully saturated rings. The highest BCUT2D eigenvalue weighted by atomic mass is 19.4. The molecule has 0 aliphatic carbocycles. The predicted molar refractivity (Wildman–Crippen MR) is 109 cm³/mol. The van der Waals surface area contributed by atoms with Crippen molar-refractivity contribution in [1.29, 1.82) is 0 Å². The van der Waals surface area contributed by atoms with Gasteiger partial charge in [-0.2, -0.15) is 13.2 Å². The fraction of sp³-hybridized carbons (Fsp3) is 0.348. The molecule has 1 aromatic heterocycles. The number of quaternary nitrogens is 1. The SMILES string of the molecule is CCc1ccc(Oc2c(C(F)(F)F)oc3c(C[NH+](C)C)c([O-])c(CC)cc3c2=O)cc1. The van der Waals surface area contributed by atoms with E-state index in [4.69, 9.17) is 9.15 Å². The summed E-state index contributed by atoms with van der Waals surface area (Å²) in [5.41, 5.74) is 0.0671. The van der Waals surface area contributed by atoms with Gasteiger partial charge in [-0.1, -0.05) is 37.3 Å². The monoisotopic (exact) mass is 435 g/mol. The van der Waals surface area contributed by atoms with Crippen LogP contribution in [0.5, 0.6) is 17.2 Å². The Morgan fingerprint density at radius 1 is 1.10 bits per heavy atom. The van der Waals surface area contributed by atoms with E-state index in [9.17, 15) is 23.1 Å². The van der Waals surface area contributed by atoms with E-state index in [1.54, 1.807) is 33.2 Å². The van der Waals surface area contributed by atoms with Gasteiger partial charge in [0.1, 0.15) is 17.9 Å². The van der Waals surface area contributed by atoms with E-state index < -0.39 is 28.9 Å². The zero-order valence-corrected chi connectivity index (χ0v) is 17.8. The number of ether oxygens (including phenoxy) is 1. The molecule has 1 heterocycles. The van der Waals surface area contributed by atoms with E-state index in [0.29, 0.717) is 12.0 Å². The Hall–Kier alpha value is -3.00. The maximum atomic E-state index is 13.8. The van der Waals surface area contributed by atoms with Gasteiger partial charge in [0.25, 0.3) is 5.76 Å². The van der Waals surface area contributed by atoms with Crippen LogP contribution in [0.1, 0.15) is 36.3 Å². The maximum absolute atomic E-state index is 13.8. The van der Waals surface area contributed by atoms with Gasteiger partial charge in [0.15, 0.2) is 0 Å². The molecular formula is C23H24F3NO4. The Bertz CT molecular complexity index is 1150. The Kier molecular flexibility index (Phi) is 6.31. The van der Waals surface area contributed by atoms with Crippen molar-refractivity contribution in [2.75, 3.05) is 14.1 Å². The molecule has 0 spiro atoms. The average molecular weight is 435 g/mol. The first kappa shape index (κ1) is 22.7. The second-order valence-corrected chi connectivity index (χ2v) is 7.64. The van der Waals surface area contributed by atoms with Crippen LogP contribution in [0.3, 0.4) is 0 Å². The summed E-state index contributed by atoms with van der Waals surface area (Å²) in [5.74, 6) is -2.81. The highest BCUT2D eigenvalue weighted by Crippen LogP contribution is 2.40. The maximum Gasteiger partial charge on any atom is 0.453 e. The Labute approximate surface area is 177 Å². The zero-order valence-electron chi connectivity index (χ0n) is 17.8. The van der Waals surface area contributed by atoms with Crippen molar-refractivity contribution >= 4 is 11.0 Å². The highest BCUT2D eigenvalue weighted by molar-refractivity contribution is 5.84. The van der Waals surface area contributed by atoms with Gasteiger partial charge >= 0.3 is 6.18 Å². The van der Waals surface area contributed by atoms with Gasteiger partial charge in [0.05, 0.1) is 19.5 Å². The first-order valence-electron chi connectivity index (χ1n) is 10.0. The zero-order chi connectivity index (χ0) is 22.9. The third kappa shape index (κ3) is 4.54. The quantitative estimate of drug-likeness (QED) is 0.644. The molecule has 2 aromatic carbocycles. The molecule has 0 saturated carbocycles. The van der Waals surface area contributed by atoms with Crippen LogP contribution >= 0.6 is 0 Å². The van der Waals surface area contributed by atoms with Crippen LogP contribution in [0, 0.1) is 0 Å². The molecule has 8 heteroatoms. The van der Waals surface area contributed by atoms with Crippen LogP contribution in [-0.2, 0) is 25.6 Å². The van der Waals surface area contributed by atoms with Crippen LogP contribution in [-0.4, -0.2) is 14.1 Å². The molecule has 166 valence electrons. The summed E-state index contributed by atoms with van der Waals surface area (Å²) in [7, 11) is 3.51. The van der Waals surface area contributed by atoms with Gasteiger partial charge in [-0.05, 0) is 36.6 Å². The van der Waals surface area contributed by atoms with E-state index in [0.717, 1.165) is 16.9 Å². The number of hydrogen-bond acceptors (Lipinski definition) is 4. The standard InChI is InChI=1S/C23H24F3NO4/c1-5-13-7-9-15(10-8-13)30-21-19(29)16-11-14(6-2)18(28)17(12-27(3)4)20(16)31-22(21)23(24,25)26/h7-11,28H,5-6,12H2,1-4H3. The highest BCUT2D eigenvalue weighted by Gasteiger charge is 2.41. The molecule has 0 atom stereocenters. The van der Waals surface area contributed by atoms with E-state index in [1.807, 2.05) is 6.92 Å². The minimum Gasteiger partial charge on any atom is -0.872 e. The average Bonchev–Trinajstić information content (AvgIpc) is 2.71. The molecule has 0 radical (unpaired) electrons. The van der Waals surface area contributed by atoms with Gasteiger partial charge in [-0.3, -0.25) is 4.79 Å². The van der Waals surface area contributed by atoms with Crippen molar-refractivity contribution < 1.29 is 32.3 Å². The fourth-order valence-corrected chi connectivity index (χ4v) is 3.39. The normalized spacial score (nSPS) is 12.0. The molecule has 3 rings (SSSR count). The number of rotatable bonds is 6. The van der Waals surface area contributed by atoms with E-state index in [1.165, 1.54) is 18.2 Å². The van der Waals surface area contributed by atoms with Crippen LogP contribution in [0.15, 0.2) is 39.5 Å². The molecule has 3 aromatic rings. The van der Waals surface area contributed by atoms with Crippen molar-refractivity contribution in [2.45, 2.75) is 39.4 Å². The van der Waals surface area contributed by atoms with Crippen molar-refractivity contribution in [2.24, 2.45) is 0 Å². The number of alkyl halides is 3. The number of nitrogens with one attached hydrogen (secondary N) is 1. The lowest BCUT2D eigenvalue weighted by Crippen LogP contribution is -3.04. The summed E-state index contributed by atoms with van der Waals surface area (Å²) < 4.78 is 52.1. The van der Waals surface area contributed by atoms with Crippen molar-refractivity contribution in [3.63, 3.8) is 0 Å². The number of hydrogen-bond donors (Lipinski definition) is 1. The largest absolute Gasteiger partial charge is 0.872 e. The topological polar surface area (TPSA) is 66.9 Å². The summed E-state index contributed by atoms with van der Waals surface area (Å²) in [6.07, 6.45) is -3.90. The smallest absolute Gasteiger partial charge is 0.453 e. The molecule has 0 unspecified atom stereocenters. The summed E-state index contributed by atoms with van der Waals surface area (Å²) in [6.45, 7) is 3.80. The molecule has 0 aliphatic heterocycles. The second-order valence-electron chi connectivity index (χ2n) is 7.64. The first-order chi connectivity index (χ1) is 14.6. The van der Waals surface area contributed by atoms with E-state index >= 15 is 0 Å². The van der Waals surface area contributed by atoms with Gasteiger partial charge in [-0.15, -0.1) is 0 Å². The minimum absolute atomic E-state index is 0.0517. The minimum atomic E-state index is -4.99. The number of aryl methyl sites for hydroxylation is 2.